The Kier molecular flexibility index (Phi) is 3.76. The average molecular weight is 286 g/mol. The van der Waals surface area contributed by atoms with Crippen molar-refractivity contribution in [1.82, 2.24) is 9.88 Å². The van der Waals surface area contributed by atoms with E-state index in [0.29, 0.717) is 31.1 Å². The van der Waals surface area contributed by atoms with E-state index < -0.39 is 0 Å². The smallest absolute Gasteiger partial charge is 0.219 e. The molecule has 0 radical (unpaired) electrons. The highest BCUT2D eigenvalue weighted by atomic mass is 16.5. The lowest BCUT2D eigenvalue weighted by Crippen LogP contribution is -2.61. The zero-order valence-corrected chi connectivity index (χ0v) is 12.0. The van der Waals surface area contributed by atoms with E-state index in [1.807, 2.05) is 4.90 Å². The van der Waals surface area contributed by atoms with Crippen molar-refractivity contribution in [3.05, 3.63) is 23.9 Å². The van der Waals surface area contributed by atoms with Crippen molar-refractivity contribution >= 4 is 11.7 Å². The van der Waals surface area contributed by atoms with E-state index in [1.165, 1.54) is 0 Å². The summed E-state index contributed by atoms with van der Waals surface area (Å²) >= 11 is 0. The maximum Gasteiger partial charge on any atom is 0.219 e. The number of nitriles is 1. The first-order valence-corrected chi connectivity index (χ1v) is 7.19. The Morgan fingerprint density at radius 3 is 3.14 bits per heavy atom. The van der Waals surface area contributed by atoms with Gasteiger partial charge in [0.05, 0.1) is 24.3 Å². The van der Waals surface area contributed by atoms with E-state index in [2.05, 4.69) is 16.0 Å². The fraction of sp³-hybridized carbons (Fsp3) is 0.533. The van der Waals surface area contributed by atoms with Crippen LogP contribution in [0.2, 0.25) is 0 Å². The number of rotatable bonds is 1. The fourth-order valence-electron chi connectivity index (χ4n) is 3.19. The largest absolute Gasteiger partial charge is 0.374 e. The van der Waals surface area contributed by atoms with E-state index in [1.54, 1.807) is 25.3 Å². The number of nitrogens with zero attached hydrogens (tertiary/aromatic N) is 4. The van der Waals surface area contributed by atoms with Crippen molar-refractivity contribution in [2.45, 2.75) is 25.5 Å². The minimum absolute atomic E-state index is 0.0403. The van der Waals surface area contributed by atoms with Crippen LogP contribution in [0.5, 0.6) is 0 Å². The standard InChI is InChI=1S/C15H18N4O2/c1-11(20)19-7-8-21-14-4-6-18(10-13(14)19)15-12(9-16)3-2-5-17-15/h2-3,5,13-14H,4,6-8,10H2,1H3. The van der Waals surface area contributed by atoms with E-state index in [-0.39, 0.29) is 18.1 Å². The lowest BCUT2D eigenvalue weighted by molar-refractivity contribution is -0.145. The Bertz CT molecular complexity index is 583. The van der Waals surface area contributed by atoms with Crippen LogP contribution in [0.25, 0.3) is 0 Å². The summed E-state index contributed by atoms with van der Waals surface area (Å²) in [5.74, 6) is 0.782. The number of hydrogen-bond donors (Lipinski definition) is 0. The van der Waals surface area contributed by atoms with Gasteiger partial charge in [0.25, 0.3) is 0 Å². The molecule has 2 fully saturated rings. The second kappa shape index (κ2) is 5.70. The third-order valence-corrected chi connectivity index (χ3v) is 4.20. The Labute approximate surface area is 123 Å². The zero-order chi connectivity index (χ0) is 14.8. The Morgan fingerprint density at radius 1 is 1.52 bits per heavy atom. The number of amides is 1. The molecule has 110 valence electrons. The molecule has 6 nitrogen and oxygen atoms in total. The molecule has 0 aliphatic carbocycles. The lowest BCUT2D eigenvalue weighted by atomic mass is 9.98. The first-order chi connectivity index (χ1) is 10.2. The van der Waals surface area contributed by atoms with Crippen molar-refractivity contribution in [3.8, 4) is 6.07 Å². The number of anilines is 1. The van der Waals surface area contributed by atoms with Gasteiger partial charge in [-0.3, -0.25) is 4.79 Å². The monoisotopic (exact) mass is 286 g/mol. The summed E-state index contributed by atoms with van der Waals surface area (Å²) in [5, 5.41) is 9.22. The molecule has 2 aliphatic rings. The molecule has 2 atom stereocenters. The maximum absolute atomic E-state index is 11.8. The molecule has 1 aromatic rings. The Hall–Kier alpha value is -2.13. The minimum Gasteiger partial charge on any atom is -0.374 e. The van der Waals surface area contributed by atoms with E-state index in [4.69, 9.17) is 4.74 Å². The van der Waals surface area contributed by atoms with Crippen molar-refractivity contribution in [2.75, 3.05) is 31.1 Å². The zero-order valence-electron chi connectivity index (χ0n) is 12.0. The van der Waals surface area contributed by atoms with Crippen molar-refractivity contribution in [3.63, 3.8) is 0 Å². The van der Waals surface area contributed by atoms with Crippen molar-refractivity contribution < 1.29 is 9.53 Å². The highest BCUT2D eigenvalue weighted by Gasteiger charge is 2.38. The van der Waals surface area contributed by atoms with Crippen molar-refractivity contribution in [2.24, 2.45) is 0 Å². The van der Waals surface area contributed by atoms with Crippen LogP contribution >= 0.6 is 0 Å². The van der Waals surface area contributed by atoms with E-state index >= 15 is 0 Å². The molecule has 21 heavy (non-hydrogen) atoms. The molecule has 1 amide bonds. The summed E-state index contributed by atoms with van der Waals surface area (Å²) in [6.45, 7) is 4.29. The average Bonchev–Trinajstić information content (AvgIpc) is 2.53. The number of carbonyl (C=O) groups is 1. The van der Waals surface area contributed by atoms with Gasteiger partial charge in [0.1, 0.15) is 11.9 Å². The SMILES string of the molecule is CC(=O)N1CCOC2CCN(c3ncccc3C#N)CC21. The van der Waals surface area contributed by atoms with Crippen LogP contribution in [0.15, 0.2) is 18.3 Å². The predicted octanol–water partition coefficient (Wildman–Crippen LogP) is 0.779. The van der Waals surface area contributed by atoms with Gasteiger partial charge in [0, 0.05) is 32.8 Å². The first kappa shape index (κ1) is 13.8. The number of fused-ring (bicyclic) bond motifs is 1. The van der Waals surface area contributed by atoms with Crippen LogP contribution in [-0.4, -0.2) is 54.2 Å². The number of carbonyl (C=O) groups excluding carboxylic acids is 1. The predicted molar refractivity (Wildman–Crippen MR) is 76.7 cm³/mol. The molecule has 1 aromatic heterocycles. The van der Waals surface area contributed by atoms with Gasteiger partial charge in [-0.15, -0.1) is 0 Å². The van der Waals surface area contributed by atoms with Crippen LogP contribution in [0.4, 0.5) is 5.82 Å². The molecule has 2 unspecified atom stereocenters. The van der Waals surface area contributed by atoms with Gasteiger partial charge in [0.15, 0.2) is 0 Å². The molecule has 0 bridgehead atoms. The molecular formula is C15H18N4O2. The molecule has 0 aromatic carbocycles. The lowest BCUT2D eigenvalue weighted by Gasteiger charge is -2.47. The number of aromatic nitrogens is 1. The number of hydrogen-bond acceptors (Lipinski definition) is 5. The number of morpholine rings is 1. The van der Waals surface area contributed by atoms with Crippen LogP contribution in [0.1, 0.15) is 18.9 Å². The van der Waals surface area contributed by atoms with E-state index in [0.717, 1.165) is 13.0 Å². The highest BCUT2D eigenvalue weighted by Crippen LogP contribution is 2.27. The van der Waals surface area contributed by atoms with Gasteiger partial charge in [-0.1, -0.05) is 0 Å². The summed E-state index contributed by atoms with van der Waals surface area (Å²) in [5.41, 5.74) is 0.571. The van der Waals surface area contributed by atoms with Crippen LogP contribution in [0.3, 0.4) is 0 Å². The quantitative estimate of drug-likeness (QED) is 0.763. The molecule has 0 N–H and O–H groups in total. The Balaban J connectivity index is 1.84. The number of ether oxygens (including phenoxy) is 1. The Morgan fingerprint density at radius 2 is 2.38 bits per heavy atom. The topological polar surface area (TPSA) is 69.5 Å². The van der Waals surface area contributed by atoms with Gasteiger partial charge in [-0.2, -0.15) is 5.26 Å². The summed E-state index contributed by atoms with van der Waals surface area (Å²) in [6.07, 6.45) is 2.63. The second-order valence-electron chi connectivity index (χ2n) is 5.41. The third kappa shape index (κ3) is 2.57. The fourth-order valence-corrected chi connectivity index (χ4v) is 3.19. The highest BCUT2D eigenvalue weighted by molar-refractivity contribution is 5.74. The van der Waals surface area contributed by atoms with Crippen molar-refractivity contribution in [1.29, 1.82) is 5.26 Å². The normalized spacial score (nSPS) is 25.1. The number of piperidine rings is 1. The molecule has 6 heteroatoms. The molecule has 0 saturated carbocycles. The molecule has 3 heterocycles. The minimum atomic E-state index is 0.0403. The second-order valence-corrected chi connectivity index (χ2v) is 5.41. The molecule has 3 rings (SSSR count). The van der Waals surface area contributed by atoms with Crippen LogP contribution < -0.4 is 4.90 Å². The third-order valence-electron chi connectivity index (χ3n) is 4.20. The first-order valence-electron chi connectivity index (χ1n) is 7.19. The summed E-state index contributed by atoms with van der Waals surface area (Å²) in [7, 11) is 0. The van der Waals surface area contributed by atoms with Gasteiger partial charge >= 0.3 is 0 Å². The molecule has 2 saturated heterocycles. The molecular weight excluding hydrogens is 268 g/mol. The van der Waals surface area contributed by atoms with Crippen LogP contribution in [-0.2, 0) is 9.53 Å². The van der Waals surface area contributed by atoms with Gasteiger partial charge < -0.3 is 14.5 Å². The van der Waals surface area contributed by atoms with Gasteiger partial charge in [0.2, 0.25) is 5.91 Å². The van der Waals surface area contributed by atoms with Gasteiger partial charge in [-0.05, 0) is 18.6 Å². The van der Waals surface area contributed by atoms with Gasteiger partial charge in [-0.25, -0.2) is 4.98 Å². The summed E-state index contributed by atoms with van der Waals surface area (Å²) < 4.78 is 5.80. The number of pyridine rings is 1. The summed E-state index contributed by atoms with van der Waals surface area (Å²) in [4.78, 5) is 20.1. The molecule has 0 spiro atoms. The maximum atomic E-state index is 11.8. The summed E-state index contributed by atoms with van der Waals surface area (Å²) in [6, 6.07) is 5.76. The molecule has 2 aliphatic heterocycles. The van der Waals surface area contributed by atoms with E-state index in [9.17, 15) is 10.1 Å². The van der Waals surface area contributed by atoms with Crippen LogP contribution in [0, 0.1) is 11.3 Å².